The van der Waals surface area contributed by atoms with Gasteiger partial charge in [-0.15, -0.1) is 0 Å². The van der Waals surface area contributed by atoms with Crippen LogP contribution in [0, 0.1) is 10.1 Å². The average molecular weight is 452 g/mol. The molecule has 0 bridgehead atoms. The lowest BCUT2D eigenvalue weighted by molar-refractivity contribution is -0.384. The molecule has 2 aromatic rings. The first-order valence-electron chi connectivity index (χ1n) is 9.26. The number of amides is 1. The average Bonchev–Trinajstić information content (AvgIpc) is 2.73. The highest BCUT2D eigenvalue weighted by atomic mass is 32.2. The third kappa shape index (κ3) is 5.83. The fraction of sp³-hybridized carbons (Fsp3) is 0.316. The van der Waals surface area contributed by atoms with Crippen molar-refractivity contribution in [3.8, 4) is 5.75 Å². The summed E-state index contributed by atoms with van der Waals surface area (Å²) in [6, 6.07) is 8.41. The first kappa shape index (κ1) is 23.9. The number of carbonyl (C=O) groups is 1. The number of hydrogen-bond donors (Lipinski definition) is 3. The van der Waals surface area contributed by atoms with Crippen LogP contribution in [0.1, 0.15) is 6.92 Å². The van der Waals surface area contributed by atoms with Crippen LogP contribution in [-0.4, -0.2) is 57.8 Å². The van der Waals surface area contributed by atoms with Gasteiger partial charge in [-0.25, -0.2) is 12.7 Å². The van der Waals surface area contributed by atoms with Crippen LogP contribution < -0.4 is 20.7 Å². The van der Waals surface area contributed by atoms with Gasteiger partial charge in [-0.05, 0) is 31.2 Å². The lowest BCUT2D eigenvalue weighted by Gasteiger charge is -2.17. The molecule has 0 heterocycles. The van der Waals surface area contributed by atoms with E-state index in [1.165, 1.54) is 51.5 Å². The Bertz CT molecular complexity index is 1070. The molecule has 31 heavy (non-hydrogen) atoms. The monoisotopic (exact) mass is 451 g/mol. The number of methoxy groups -OCH3 is 1. The third-order valence-electron chi connectivity index (χ3n) is 4.25. The molecule has 0 aliphatic rings. The predicted molar refractivity (Wildman–Crippen MR) is 118 cm³/mol. The number of nitrogens with one attached hydrogen (secondary N) is 3. The van der Waals surface area contributed by atoms with Gasteiger partial charge in [0.05, 0.1) is 46.6 Å². The van der Waals surface area contributed by atoms with E-state index in [-0.39, 0.29) is 28.6 Å². The third-order valence-corrected chi connectivity index (χ3v) is 6.06. The number of nitrogens with zero attached hydrogens (tertiary/aromatic N) is 2. The fourth-order valence-corrected chi connectivity index (χ4v) is 3.58. The first-order chi connectivity index (χ1) is 14.6. The van der Waals surface area contributed by atoms with Gasteiger partial charge in [-0.1, -0.05) is 0 Å². The number of ether oxygens (including phenoxy) is 1. The van der Waals surface area contributed by atoms with E-state index in [1.54, 1.807) is 6.07 Å². The highest BCUT2D eigenvalue weighted by Gasteiger charge is 2.19. The second-order valence-electron chi connectivity index (χ2n) is 6.57. The predicted octanol–water partition coefficient (Wildman–Crippen LogP) is 2.34. The number of rotatable bonds is 10. The Morgan fingerprint density at radius 1 is 1.10 bits per heavy atom. The molecule has 0 aromatic heterocycles. The summed E-state index contributed by atoms with van der Waals surface area (Å²) >= 11 is 0. The summed E-state index contributed by atoms with van der Waals surface area (Å²) in [5.74, 6) is -0.301. The number of nitro benzene ring substituents is 1. The zero-order valence-electron chi connectivity index (χ0n) is 17.6. The van der Waals surface area contributed by atoms with Crippen molar-refractivity contribution in [1.82, 2.24) is 4.31 Å². The van der Waals surface area contributed by atoms with Gasteiger partial charge in [-0.3, -0.25) is 14.9 Å². The molecule has 2 aromatic carbocycles. The van der Waals surface area contributed by atoms with Crippen LogP contribution in [0.2, 0.25) is 0 Å². The van der Waals surface area contributed by atoms with E-state index in [4.69, 9.17) is 4.74 Å². The molecule has 0 unspecified atom stereocenters. The highest BCUT2D eigenvalue weighted by Crippen LogP contribution is 2.29. The van der Waals surface area contributed by atoms with Gasteiger partial charge in [0.1, 0.15) is 5.75 Å². The molecule has 0 aliphatic carbocycles. The number of anilines is 3. The van der Waals surface area contributed by atoms with E-state index in [0.29, 0.717) is 17.9 Å². The maximum atomic E-state index is 12.4. The maximum Gasteiger partial charge on any atom is 0.273 e. The maximum absolute atomic E-state index is 12.4. The Hall–Kier alpha value is -3.38. The molecule has 12 heteroatoms. The summed E-state index contributed by atoms with van der Waals surface area (Å²) in [7, 11) is 0.567. The Morgan fingerprint density at radius 3 is 2.35 bits per heavy atom. The first-order valence-corrected chi connectivity index (χ1v) is 10.7. The normalized spacial score (nSPS) is 11.1. The van der Waals surface area contributed by atoms with E-state index in [2.05, 4.69) is 16.0 Å². The topological polar surface area (TPSA) is 143 Å². The van der Waals surface area contributed by atoms with Crippen LogP contribution in [0.15, 0.2) is 41.3 Å². The quantitative estimate of drug-likeness (QED) is 0.369. The summed E-state index contributed by atoms with van der Waals surface area (Å²) in [6.07, 6.45) is 0. The smallest absolute Gasteiger partial charge is 0.273 e. The minimum atomic E-state index is -3.64. The summed E-state index contributed by atoms with van der Waals surface area (Å²) in [4.78, 5) is 22.8. The van der Waals surface area contributed by atoms with E-state index < -0.39 is 20.9 Å². The number of carbonyl (C=O) groups excluding carboxylic acids is 1. The molecule has 0 aliphatic heterocycles. The summed E-state index contributed by atoms with van der Waals surface area (Å²) in [6.45, 7) is 2.31. The van der Waals surface area contributed by atoms with Crippen molar-refractivity contribution in [3.63, 3.8) is 0 Å². The van der Waals surface area contributed by atoms with Crippen LogP contribution in [0.3, 0.4) is 0 Å². The number of nitro groups is 1. The number of benzene rings is 2. The van der Waals surface area contributed by atoms with Crippen LogP contribution in [0.25, 0.3) is 0 Å². The van der Waals surface area contributed by atoms with Crippen LogP contribution in [0.5, 0.6) is 5.75 Å². The molecular weight excluding hydrogens is 426 g/mol. The van der Waals surface area contributed by atoms with Gasteiger partial charge >= 0.3 is 0 Å². The molecule has 0 fully saturated rings. The molecule has 0 radical (unpaired) electrons. The molecule has 0 saturated heterocycles. The molecule has 168 valence electrons. The van der Waals surface area contributed by atoms with Crippen LogP contribution in [-0.2, 0) is 14.8 Å². The zero-order valence-corrected chi connectivity index (χ0v) is 18.4. The van der Waals surface area contributed by atoms with E-state index >= 15 is 0 Å². The molecular formula is C19H25N5O6S. The molecule has 1 amide bonds. The zero-order chi connectivity index (χ0) is 23.2. The Morgan fingerprint density at radius 2 is 1.77 bits per heavy atom. The Kier molecular flexibility index (Phi) is 7.78. The minimum absolute atomic E-state index is 0.0825. The van der Waals surface area contributed by atoms with Crippen molar-refractivity contribution in [2.75, 3.05) is 50.2 Å². The largest absolute Gasteiger partial charge is 0.494 e. The van der Waals surface area contributed by atoms with Crippen LogP contribution in [0.4, 0.5) is 22.7 Å². The molecule has 2 rings (SSSR count). The number of sulfonamides is 1. The number of hydrogen-bond acceptors (Lipinski definition) is 8. The second kappa shape index (κ2) is 10.1. The van der Waals surface area contributed by atoms with Gasteiger partial charge in [0.2, 0.25) is 15.9 Å². The highest BCUT2D eigenvalue weighted by molar-refractivity contribution is 7.89. The molecule has 3 N–H and O–H groups in total. The molecule has 0 saturated carbocycles. The summed E-state index contributed by atoms with van der Waals surface area (Å²) in [5, 5.41) is 19.5. The Balaban J connectivity index is 2.20. The molecule has 11 nitrogen and oxygen atoms in total. The van der Waals surface area contributed by atoms with Crippen molar-refractivity contribution >= 4 is 38.7 Å². The molecule has 0 spiro atoms. The Labute approximate surface area is 180 Å². The van der Waals surface area contributed by atoms with E-state index in [9.17, 15) is 23.3 Å². The lowest BCUT2D eigenvalue weighted by atomic mass is 10.2. The van der Waals surface area contributed by atoms with Crippen molar-refractivity contribution in [2.24, 2.45) is 0 Å². The van der Waals surface area contributed by atoms with Crippen molar-refractivity contribution in [2.45, 2.75) is 11.8 Å². The van der Waals surface area contributed by atoms with Gasteiger partial charge in [0.15, 0.2) is 0 Å². The van der Waals surface area contributed by atoms with Gasteiger partial charge in [0.25, 0.3) is 5.69 Å². The molecule has 0 atom stereocenters. The SMILES string of the molecule is CCNc1ccc(S(=O)(=O)N(C)C)cc1NCC(=O)Nc1ccc([N+](=O)[O-])cc1OC. The van der Waals surface area contributed by atoms with Gasteiger partial charge in [-0.2, -0.15) is 0 Å². The van der Waals surface area contributed by atoms with Crippen molar-refractivity contribution in [1.29, 1.82) is 0 Å². The van der Waals surface area contributed by atoms with Crippen LogP contribution >= 0.6 is 0 Å². The van der Waals surface area contributed by atoms with Crippen molar-refractivity contribution < 1.29 is 22.9 Å². The number of non-ortho nitro benzene ring substituents is 1. The second-order valence-corrected chi connectivity index (χ2v) is 8.72. The van der Waals surface area contributed by atoms with Crippen molar-refractivity contribution in [3.05, 3.63) is 46.5 Å². The lowest BCUT2D eigenvalue weighted by Crippen LogP contribution is -2.24. The summed E-state index contributed by atoms with van der Waals surface area (Å²) in [5.41, 5.74) is 1.19. The fourth-order valence-electron chi connectivity index (χ4n) is 2.65. The standard InChI is InChI=1S/C19H25N5O6S/c1-5-20-15-9-7-14(31(28,29)23(2)3)11-17(15)21-12-19(25)22-16-8-6-13(24(26)27)10-18(16)30-4/h6-11,20-21H,5,12H2,1-4H3,(H,22,25). The van der Waals surface area contributed by atoms with E-state index in [0.717, 1.165) is 4.31 Å². The summed E-state index contributed by atoms with van der Waals surface area (Å²) < 4.78 is 31.0. The van der Waals surface area contributed by atoms with Gasteiger partial charge in [0, 0.05) is 26.7 Å². The van der Waals surface area contributed by atoms with Gasteiger partial charge < -0.3 is 20.7 Å². The van der Waals surface area contributed by atoms with E-state index in [1.807, 2.05) is 6.92 Å². The minimum Gasteiger partial charge on any atom is -0.494 e.